The van der Waals surface area contributed by atoms with E-state index in [-0.39, 0.29) is 10.6 Å². The van der Waals surface area contributed by atoms with Crippen molar-refractivity contribution in [2.24, 2.45) is 5.92 Å². The van der Waals surface area contributed by atoms with E-state index in [9.17, 15) is 13.6 Å². The maximum Gasteiger partial charge on any atom is 0.256 e. The molecule has 1 aromatic carbocycles. The molecule has 0 atom stereocenters. The van der Waals surface area contributed by atoms with E-state index in [1.807, 2.05) is 0 Å². The molecule has 1 aliphatic heterocycles. The zero-order valence-corrected chi connectivity index (χ0v) is 12.7. The van der Waals surface area contributed by atoms with Crippen LogP contribution in [0.1, 0.15) is 30.1 Å². The highest BCUT2D eigenvalue weighted by Crippen LogP contribution is 2.23. The molecule has 6 heteroatoms. The number of hydrogen-bond donors (Lipinski definition) is 1. The predicted molar refractivity (Wildman–Crippen MR) is 78.5 cm³/mol. The van der Waals surface area contributed by atoms with Crippen LogP contribution in [0.2, 0.25) is 5.02 Å². The zero-order chi connectivity index (χ0) is 15.4. The Kier molecular flexibility index (Phi) is 5.53. The number of likely N-dealkylation sites (tertiary alicyclic amines) is 1. The molecule has 1 aliphatic rings. The van der Waals surface area contributed by atoms with E-state index in [4.69, 9.17) is 11.6 Å². The second-order valence-electron chi connectivity index (χ2n) is 5.29. The molecule has 1 N–H and O–H groups in total. The van der Waals surface area contributed by atoms with Crippen LogP contribution in [0.25, 0.3) is 0 Å². The molecule has 1 fully saturated rings. The van der Waals surface area contributed by atoms with Crippen molar-refractivity contribution in [3.05, 3.63) is 34.4 Å². The number of benzene rings is 1. The number of carbonyl (C=O) groups excluding carboxylic acids is 1. The summed E-state index contributed by atoms with van der Waals surface area (Å²) in [5, 5.41) is 2.98. The molecule has 116 valence electrons. The number of rotatable bonds is 4. The summed E-state index contributed by atoms with van der Waals surface area (Å²) in [5.74, 6) is -1.49. The first kappa shape index (κ1) is 16.2. The van der Waals surface area contributed by atoms with Gasteiger partial charge in [0.05, 0.1) is 10.6 Å². The summed E-state index contributed by atoms with van der Waals surface area (Å²) < 4.78 is 27.2. The second kappa shape index (κ2) is 7.18. The fourth-order valence-corrected chi connectivity index (χ4v) is 2.70. The first-order valence-electron chi connectivity index (χ1n) is 7.17. The first-order valence-corrected chi connectivity index (χ1v) is 7.55. The Balaban J connectivity index is 2.00. The number of halogens is 3. The molecule has 2 rings (SSSR count). The van der Waals surface area contributed by atoms with Gasteiger partial charge in [0.15, 0.2) is 0 Å². The fraction of sp³-hybridized carbons (Fsp3) is 0.533. The van der Waals surface area contributed by atoms with Crippen LogP contribution in [0.15, 0.2) is 12.1 Å². The molecule has 1 aromatic rings. The third-order valence-corrected chi connectivity index (χ3v) is 4.11. The summed E-state index contributed by atoms with van der Waals surface area (Å²) in [6.07, 6.45) is 1.74. The van der Waals surface area contributed by atoms with Gasteiger partial charge in [0.25, 0.3) is 5.91 Å². The number of piperidine rings is 1. The van der Waals surface area contributed by atoms with Crippen molar-refractivity contribution in [3.63, 3.8) is 0 Å². The fourth-order valence-electron chi connectivity index (χ4n) is 2.55. The van der Waals surface area contributed by atoms with Crippen molar-refractivity contribution < 1.29 is 13.6 Å². The average molecular weight is 317 g/mol. The molecule has 1 saturated heterocycles. The molecule has 0 aromatic heterocycles. The second-order valence-corrected chi connectivity index (χ2v) is 5.70. The lowest BCUT2D eigenvalue weighted by atomic mass is 9.96. The van der Waals surface area contributed by atoms with Gasteiger partial charge in [0.1, 0.15) is 11.6 Å². The van der Waals surface area contributed by atoms with Gasteiger partial charge >= 0.3 is 0 Å². The SMILES string of the molecule is CCNCC1CCN(C(=O)c2cc(F)c(Cl)cc2F)CC1. The molecule has 0 unspecified atom stereocenters. The van der Waals surface area contributed by atoms with Crippen molar-refractivity contribution in [3.8, 4) is 0 Å². The maximum atomic E-state index is 13.8. The predicted octanol–water partition coefficient (Wildman–Crippen LogP) is 3.08. The average Bonchev–Trinajstić information content (AvgIpc) is 2.48. The normalized spacial score (nSPS) is 16.3. The van der Waals surface area contributed by atoms with Crippen molar-refractivity contribution in [1.29, 1.82) is 0 Å². The highest BCUT2D eigenvalue weighted by Gasteiger charge is 2.25. The Labute approximate surface area is 128 Å². The maximum absolute atomic E-state index is 13.8. The highest BCUT2D eigenvalue weighted by atomic mass is 35.5. The Hall–Kier alpha value is -1.20. The van der Waals surface area contributed by atoms with E-state index >= 15 is 0 Å². The van der Waals surface area contributed by atoms with Gasteiger partial charge in [-0.25, -0.2) is 8.78 Å². The number of hydrogen-bond acceptors (Lipinski definition) is 2. The Morgan fingerprint density at radius 1 is 1.33 bits per heavy atom. The van der Waals surface area contributed by atoms with Gasteiger partial charge in [0.2, 0.25) is 0 Å². The van der Waals surface area contributed by atoms with Crippen molar-refractivity contribution in [2.75, 3.05) is 26.2 Å². The summed E-state index contributed by atoms with van der Waals surface area (Å²) in [6.45, 7) is 5.05. The topological polar surface area (TPSA) is 32.3 Å². The van der Waals surface area contributed by atoms with Gasteiger partial charge in [-0.3, -0.25) is 4.79 Å². The Morgan fingerprint density at radius 3 is 2.62 bits per heavy atom. The van der Waals surface area contributed by atoms with E-state index in [1.54, 1.807) is 4.90 Å². The molecular formula is C15H19ClF2N2O. The van der Waals surface area contributed by atoms with E-state index < -0.39 is 17.5 Å². The van der Waals surface area contributed by atoms with Crippen LogP contribution < -0.4 is 5.32 Å². The first-order chi connectivity index (χ1) is 10.0. The summed E-state index contributed by atoms with van der Waals surface area (Å²) >= 11 is 5.50. The highest BCUT2D eigenvalue weighted by molar-refractivity contribution is 6.30. The Bertz CT molecular complexity index is 517. The van der Waals surface area contributed by atoms with Crippen LogP contribution in [0.5, 0.6) is 0 Å². The van der Waals surface area contributed by atoms with E-state index in [1.165, 1.54) is 0 Å². The van der Waals surface area contributed by atoms with E-state index in [0.29, 0.717) is 19.0 Å². The van der Waals surface area contributed by atoms with Crippen LogP contribution in [0.3, 0.4) is 0 Å². The molecular weight excluding hydrogens is 298 g/mol. The van der Waals surface area contributed by atoms with Crippen molar-refractivity contribution in [1.82, 2.24) is 10.2 Å². The summed E-state index contributed by atoms with van der Waals surface area (Å²) in [7, 11) is 0. The van der Waals surface area contributed by atoms with Crippen LogP contribution in [0, 0.1) is 17.6 Å². The standard InChI is InChI=1S/C15H19ClF2N2O/c1-2-19-9-10-3-5-20(6-4-10)15(21)11-7-14(18)12(16)8-13(11)17/h7-8,10,19H,2-6,9H2,1H3. The van der Waals surface area contributed by atoms with Crippen molar-refractivity contribution >= 4 is 17.5 Å². The number of nitrogens with one attached hydrogen (secondary N) is 1. The molecule has 3 nitrogen and oxygen atoms in total. The minimum atomic E-state index is -0.777. The molecule has 0 bridgehead atoms. The van der Waals surface area contributed by atoms with Gasteiger partial charge in [-0.05, 0) is 44.0 Å². The molecule has 1 amide bonds. The number of nitrogens with zero attached hydrogens (tertiary/aromatic N) is 1. The Morgan fingerprint density at radius 2 is 2.00 bits per heavy atom. The van der Waals surface area contributed by atoms with Crippen LogP contribution in [-0.2, 0) is 0 Å². The smallest absolute Gasteiger partial charge is 0.256 e. The minimum absolute atomic E-state index is 0.248. The molecule has 0 radical (unpaired) electrons. The molecule has 0 aliphatic carbocycles. The largest absolute Gasteiger partial charge is 0.339 e. The van der Waals surface area contributed by atoms with E-state index in [2.05, 4.69) is 12.2 Å². The monoisotopic (exact) mass is 316 g/mol. The van der Waals surface area contributed by atoms with Gasteiger partial charge in [0, 0.05) is 13.1 Å². The molecule has 21 heavy (non-hydrogen) atoms. The zero-order valence-electron chi connectivity index (χ0n) is 12.0. The molecule has 0 spiro atoms. The van der Waals surface area contributed by atoms with Gasteiger partial charge in [-0.15, -0.1) is 0 Å². The number of carbonyl (C=O) groups is 1. The van der Waals surface area contributed by atoms with Crippen LogP contribution >= 0.6 is 11.6 Å². The van der Waals surface area contributed by atoms with Crippen LogP contribution in [0.4, 0.5) is 8.78 Å². The molecule has 0 saturated carbocycles. The quantitative estimate of drug-likeness (QED) is 0.866. The lowest BCUT2D eigenvalue weighted by molar-refractivity contribution is 0.0685. The lowest BCUT2D eigenvalue weighted by Crippen LogP contribution is -2.41. The third-order valence-electron chi connectivity index (χ3n) is 3.83. The minimum Gasteiger partial charge on any atom is -0.339 e. The van der Waals surface area contributed by atoms with E-state index in [0.717, 1.165) is 38.1 Å². The van der Waals surface area contributed by atoms with Crippen LogP contribution in [-0.4, -0.2) is 37.0 Å². The summed E-state index contributed by atoms with van der Waals surface area (Å²) in [4.78, 5) is 13.8. The van der Waals surface area contributed by atoms with Gasteiger partial charge in [-0.1, -0.05) is 18.5 Å². The van der Waals surface area contributed by atoms with Gasteiger partial charge in [-0.2, -0.15) is 0 Å². The molecule has 1 heterocycles. The number of amides is 1. The van der Waals surface area contributed by atoms with Crippen molar-refractivity contribution in [2.45, 2.75) is 19.8 Å². The third kappa shape index (κ3) is 3.92. The summed E-state index contributed by atoms with van der Waals surface area (Å²) in [6, 6.07) is 1.73. The lowest BCUT2D eigenvalue weighted by Gasteiger charge is -2.32. The summed E-state index contributed by atoms with van der Waals surface area (Å²) in [5.41, 5.74) is -0.248. The van der Waals surface area contributed by atoms with Gasteiger partial charge < -0.3 is 10.2 Å².